The quantitative estimate of drug-likeness (QED) is 0.242. The van der Waals surface area contributed by atoms with Crippen molar-refractivity contribution in [2.75, 3.05) is 7.11 Å². The summed E-state index contributed by atoms with van der Waals surface area (Å²) in [6.45, 7) is 1.83. The van der Waals surface area contributed by atoms with Gasteiger partial charge in [-0.1, -0.05) is 17.7 Å². The number of sulfone groups is 1. The van der Waals surface area contributed by atoms with E-state index in [0.717, 1.165) is 5.56 Å². The molecule has 1 atom stereocenters. The van der Waals surface area contributed by atoms with Gasteiger partial charge in [0, 0.05) is 40.5 Å². The van der Waals surface area contributed by atoms with Gasteiger partial charge in [-0.05, 0) is 66.6 Å². The van der Waals surface area contributed by atoms with Gasteiger partial charge in [-0.25, -0.2) is 22.8 Å². The molecule has 2 aromatic heterocycles. The Balaban J connectivity index is 0.00000353. The Morgan fingerprint density at radius 1 is 1.00 bits per heavy atom. The van der Waals surface area contributed by atoms with Gasteiger partial charge in [0.05, 0.1) is 23.2 Å². The molecule has 0 radical (unpaired) electrons. The van der Waals surface area contributed by atoms with Gasteiger partial charge in [0.25, 0.3) is 5.56 Å². The van der Waals surface area contributed by atoms with E-state index in [2.05, 4.69) is 9.97 Å². The van der Waals surface area contributed by atoms with Crippen molar-refractivity contribution in [1.29, 1.82) is 0 Å². The minimum absolute atomic E-state index is 0. The lowest BCUT2D eigenvalue weighted by molar-refractivity contribution is 0.412. The van der Waals surface area contributed by atoms with E-state index in [1.54, 1.807) is 24.3 Å². The van der Waals surface area contributed by atoms with Gasteiger partial charge in [0.15, 0.2) is 9.84 Å². The van der Waals surface area contributed by atoms with Crippen LogP contribution in [0.5, 0.6) is 5.75 Å². The molecular weight excluding hydrogens is 560 g/mol. The van der Waals surface area contributed by atoms with Crippen LogP contribution in [-0.2, 0) is 15.6 Å². The highest BCUT2D eigenvalue weighted by atomic mass is 35.5. The average molecular weight is 584 g/mol. The second-order valence-electron chi connectivity index (χ2n) is 8.62. The number of nitrogens with zero attached hydrogens (tertiary/aromatic N) is 3. The van der Waals surface area contributed by atoms with Crippen LogP contribution in [0.2, 0.25) is 5.02 Å². The van der Waals surface area contributed by atoms with Gasteiger partial charge in [-0.15, -0.1) is 0 Å². The summed E-state index contributed by atoms with van der Waals surface area (Å²) in [6.07, 6.45) is 2.95. The SMILES string of the molecule is COc1cc(-c2ccc(Cl)c(C)c2)c(F)cc1-n1c(=O)ccc2cc(S(=O)(=O)Cc3ncccn3)ccc21.P. The molecule has 2 heterocycles. The van der Waals surface area contributed by atoms with Gasteiger partial charge in [0.1, 0.15) is 23.1 Å². The van der Waals surface area contributed by atoms with E-state index in [4.69, 9.17) is 16.3 Å². The maximum atomic E-state index is 15.4. The van der Waals surface area contributed by atoms with E-state index in [9.17, 15) is 13.2 Å². The molecule has 0 fully saturated rings. The smallest absolute Gasteiger partial charge is 0.255 e. The Labute approximate surface area is 232 Å². The summed E-state index contributed by atoms with van der Waals surface area (Å²) in [7, 11) is -2.33. The molecule has 0 N–H and O–H groups in total. The zero-order chi connectivity index (χ0) is 27.0. The zero-order valence-electron chi connectivity index (χ0n) is 21.1. The monoisotopic (exact) mass is 583 g/mol. The molecule has 5 aromatic rings. The number of hydrogen-bond acceptors (Lipinski definition) is 6. The second kappa shape index (κ2) is 11.2. The van der Waals surface area contributed by atoms with Crippen LogP contribution >= 0.6 is 21.5 Å². The lowest BCUT2D eigenvalue weighted by Crippen LogP contribution is -2.18. The Hall–Kier alpha value is -3.65. The van der Waals surface area contributed by atoms with Crippen molar-refractivity contribution in [1.82, 2.24) is 14.5 Å². The van der Waals surface area contributed by atoms with Crippen LogP contribution in [0.3, 0.4) is 0 Å². The number of ether oxygens (including phenoxy) is 1. The third-order valence-electron chi connectivity index (χ3n) is 6.14. The lowest BCUT2D eigenvalue weighted by atomic mass is 10.0. The average Bonchev–Trinajstić information content (AvgIpc) is 2.90. The summed E-state index contributed by atoms with van der Waals surface area (Å²) in [5.41, 5.74) is 1.83. The van der Waals surface area contributed by atoms with Crippen molar-refractivity contribution in [3.8, 4) is 22.6 Å². The fraction of sp³-hybridized carbons (Fsp3) is 0.107. The number of hydrogen-bond donors (Lipinski definition) is 0. The van der Waals surface area contributed by atoms with Crippen LogP contribution in [0, 0.1) is 12.7 Å². The first-order valence-corrected chi connectivity index (χ1v) is 13.5. The first kappa shape index (κ1) is 28.4. The van der Waals surface area contributed by atoms with Crippen LogP contribution in [-0.4, -0.2) is 30.1 Å². The highest BCUT2D eigenvalue weighted by Crippen LogP contribution is 2.35. The van der Waals surface area contributed by atoms with Gasteiger partial charge in [0.2, 0.25) is 0 Å². The topological polar surface area (TPSA) is 91.2 Å². The normalized spacial score (nSPS) is 11.3. The summed E-state index contributed by atoms with van der Waals surface area (Å²) < 4.78 is 48.3. The molecule has 0 aliphatic carbocycles. The third kappa shape index (κ3) is 5.57. The molecule has 39 heavy (non-hydrogen) atoms. The molecule has 3 aromatic carbocycles. The van der Waals surface area contributed by atoms with Crippen LogP contribution in [0.15, 0.2) is 88.8 Å². The van der Waals surface area contributed by atoms with Gasteiger partial charge in [-0.2, -0.15) is 9.90 Å². The van der Waals surface area contributed by atoms with Crippen LogP contribution < -0.4 is 10.3 Å². The maximum absolute atomic E-state index is 15.4. The Morgan fingerprint density at radius 3 is 2.44 bits per heavy atom. The maximum Gasteiger partial charge on any atom is 0.255 e. The lowest BCUT2D eigenvalue weighted by Gasteiger charge is -2.17. The number of halogens is 2. The molecule has 0 aliphatic rings. The number of pyridine rings is 1. The third-order valence-corrected chi connectivity index (χ3v) is 8.18. The molecular formula is C28H24ClFN3O4PS. The van der Waals surface area contributed by atoms with E-state index in [1.807, 2.05) is 6.92 Å². The summed E-state index contributed by atoms with van der Waals surface area (Å²) in [5, 5.41) is 1.04. The number of aromatic nitrogens is 3. The largest absolute Gasteiger partial charge is 0.495 e. The molecule has 0 saturated carbocycles. The van der Waals surface area contributed by atoms with Crippen molar-refractivity contribution in [3.05, 3.63) is 112 Å². The molecule has 5 rings (SSSR count). The van der Waals surface area contributed by atoms with Crippen molar-refractivity contribution in [2.24, 2.45) is 0 Å². The predicted octanol–water partition coefficient (Wildman–Crippen LogP) is 5.59. The minimum atomic E-state index is -3.76. The van der Waals surface area contributed by atoms with Crippen LogP contribution in [0.4, 0.5) is 4.39 Å². The molecule has 1 unspecified atom stereocenters. The summed E-state index contributed by atoms with van der Waals surface area (Å²) in [4.78, 5) is 21.0. The molecule has 7 nitrogen and oxygen atoms in total. The Morgan fingerprint density at radius 2 is 1.74 bits per heavy atom. The first-order valence-electron chi connectivity index (χ1n) is 11.5. The highest BCUT2D eigenvalue weighted by Gasteiger charge is 2.20. The summed E-state index contributed by atoms with van der Waals surface area (Å²) >= 11 is 6.12. The number of methoxy groups -OCH3 is 1. The van der Waals surface area contributed by atoms with E-state index in [1.165, 1.54) is 66.5 Å². The van der Waals surface area contributed by atoms with E-state index in [0.29, 0.717) is 21.5 Å². The Kier molecular flexibility index (Phi) is 8.16. The number of fused-ring (bicyclic) bond motifs is 1. The highest BCUT2D eigenvalue weighted by molar-refractivity contribution is 7.90. The number of rotatable bonds is 6. The van der Waals surface area contributed by atoms with Crippen LogP contribution in [0.25, 0.3) is 27.7 Å². The minimum Gasteiger partial charge on any atom is -0.495 e. The molecule has 0 spiro atoms. The Bertz CT molecular complexity index is 1870. The fourth-order valence-electron chi connectivity index (χ4n) is 4.24. The fourth-order valence-corrected chi connectivity index (χ4v) is 5.59. The summed E-state index contributed by atoms with van der Waals surface area (Å²) in [6, 6.07) is 16.7. The second-order valence-corrected chi connectivity index (χ2v) is 11.0. The molecule has 200 valence electrons. The van der Waals surface area contributed by atoms with E-state index >= 15 is 4.39 Å². The number of benzene rings is 3. The molecule has 0 bridgehead atoms. The molecule has 0 aliphatic heterocycles. The van der Waals surface area contributed by atoms with E-state index in [-0.39, 0.29) is 43.4 Å². The van der Waals surface area contributed by atoms with Crippen LogP contribution in [0.1, 0.15) is 11.4 Å². The van der Waals surface area contributed by atoms with Gasteiger partial charge < -0.3 is 4.74 Å². The van der Waals surface area contributed by atoms with E-state index < -0.39 is 21.2 Å². The van der Waals surface area contributed by atoms with Gasteiger partial charge in [-0.3, -0.25) is 9.36 Å². The summed E-state index contributed by atoms with van der Waals surface area (Å²) in [5.74, 6) is -0.493. The first-order chi connectivity index (χ1) is 18.2. The number of aryl methyl sites for hydroxylation is 1. The van der Waals surface area contributed by atoms with Crippen molar-refractivity contribution >= 4 is 42.2 Å². The standard InChI is InChI=1S/C28H21ClFN3O4S.H3P/c1-17-12-18(4-7-22(17)29)21-14-26(37-2)25(15-23(21)30)33-24-8-6-20(13-19(24)5-9-28(33)34)38(35,36)16-27-31-10-3-11-32-27;/h3-15H,16H2,1-2H3;1H3. The van der Waals surface area contributed by atoms with Gasteiger partial charge >= 0.3 is 0 Å². The van der Waals surface area contributed by atoms with Crippen molar-refractivity contribution in [2.45, 2.75) is 17.6 Å². The van der Waals surface area contributed by atoms with Crippen molar-refractivity contribution in [3.63, 3.8) is 0 Å². The molecule has 11 heteroatoms. The molecule has 0 saturated heterocycles. The predicted molar refractivity (Wildman–Crippen MR) is 155 cm³/mol. The molecule has 0 amide bonds. The zero-order valence-corrected chi connectivity index (χ0v) is 24.0. The van der Waals surface area contributed by atoms with Crippen molar-refractivity contribution < 1.29 is 17.5 Å².